The van der Waals surface area contributed by atoms with Gasteiger partial charge >= 0.3 is 0 Å². The molecule has 0 aliphatic rings. The van der Waals surface area contributed by atoms with Crippen LogP contribution in [0.3, 0.4) is 0 Å². The number of carbonyl (C=O) groups is 1. The van der Waals surface area contributed by atoms with Crippen LogP contribution >= 0.6 is 23.4 Å². The van der Waals surface area contributed by atoms with Gasteiger partial charge in [-0.2, -0.15) is 0 Å². The van der Waals surface area contributed by atoms with Gasteiger partial charge in [-0.05, 0) is 31.2 Å². The van der Waals surface area contributed by atoms with Gasteiger partial charge in [-0.25, -0.2) is 4.68 Å². The Balaban J connectivity index is 1.96. The van der Waals surface area contributed by atoms with Crippen LogP contribution in [0.5, 0.6) is 0 Å². The Morgan fingerprint density at radius 3 is 2.74 bits per heavy atom. The molecule has 0 saturated carbocycles. The Morgan fingerprint density at radius 2 is 2.16 bits per heavy atom. The Labute approximate surface area is 119 Å². The summed E-state index contributed by atoms with van der Waals surface area (Å²) in [6, 6.07) is 6.91. The number of thioether (sulfide) groups is 1. The monoisotopic (exact) mass is 297 g/mol. The molecule has 1 heterocycles. The van der Waals surface area contributed by atoms with Crippen LogP contribution in [0, 0.1) is 0 Å². The van der Waals surface area contributed by atoms with E-state index in [-0.39, 0.29) is 11.2 Å². The number of nitrogens with one attached hydrogen (secondary N) is 1. The summed E-state index contributed by atoms with van der Waals surface area (Å²) in [5.41, 5.74) is 0.691. The molecule has 1 amide bonds. The number of halogens is 1. The molecule has 0 bridgehead atoms. The van der Waals surface area contributed by atoms with Crippen LogP contribution in [-0.4, -0.2) is 26.0 Å². The highest BCUT2D eigenvalue weighted by molar-refractivity contribution is 8.00. The topological polar surface area (TPSA) is 85.8 Å². The van der Waals surface area contributed by atoms with E-state index in [2.05, 4.69) is 15.5 Å². The molecule has 0 radical (unpaired) electrons. The van der Waals surface area contributed by atoms with E-state index in [1.807, 2.05) is 0 Å². The number of benzene rings is 1. The fraction of sp³-hybridized carbons (Fsp3) is 0.182. The van der Waals surface area contributed by atoms with Gasteiger partial charge in [-0.15, -0.1) is 10.2 Å². The quantitative estimate of drug-likeness (QED) is 0.663. The van der Waals surface area contributed by atoms with Crippen LogP contribution in [0.4, 0.5) is 5.69 Å². The third-order valence-electron chi connectivity index (χ3n) is 2.30. The van der Waals surface area contributed by atoms with Crippen LogP contribution in [0.25, 0.3) is 0 Å². The van der Waals surface area contributed by atoms with Crippen molar-refractivity contribution in [3.8, 4) is 0 Å². The number of hydrogen-bond acceptors (Lipinski definition) is 5. The number of anilines is 1. The lowest BCUT2D eigenvalue weighted by Gasteiger charge is -2.11. The molecular weight excluding hydrogens is 286 g/mol. The first-order chi connectivity index (χ1) is 9.06. The summed E-state index contributed by atoms with van der Waals surface area (Å²) in [5, 5.41) is 11.0. The lowest BCUT2D eigenvalue weighted by molar-refractivity contribution is -0.115. The molecule has 0 aliphatic carbocycles. The van der Waals surface area contributed by atoms with Crippen molar-refractivity contribution >= 4 is 35.0 Å². The van der Waals surface area contributed by atoms with E-state index >= 15 is 0 Å². The molecule has 0 unspecified atom stereocenters. The SMILES string of the molecule is C[C@@H](Sc1nncn1N)C(=O)Nc1ccc(Cl)cc1. The number of hydrogen-bond donors (Lipinski definition) is 2. The third kappa shape index (κ3) is 3.62. The molecule has 100 valence electrons. The highest BCUT2D eigenvalue weighted by Crippen LogP contribution is 2.21. The summed E-state index contributed by atoms with van der Waals surface area (Å²) in [6.45, 7) is 1.77. The van der Waals surface area contributed by atoms with Gasteiger partial charge < -0.3 is 11.2 Å². The van der Waals surface area contributed by atoms with Crippen LogP contribution in [-0.2, 0) is 4.79 Å². The predicted molar refractivity (Wildman–Crippen MR) is 75.6 cm³/mol. The molecule has 6 nitrogen and oxygen atoms in total. The minimum absolute atomic E-state index is 0.143. The number of carbonyl (C=O) groups excluding carboxylic acids is 1. The second kappa shape index (κ2) is 5.94. The Kier molecular flexibility index (Phi) is 4.28. The van der Waals surface area contributed by atoms with Crippen molar-refractivity contribution < 1.29 is 4.79 Å². The van der Waals surface area contributed by atoms with Crippen LogP contribution in [0.2, 0.25) is 5.02 Å². The van der Waals surface area contributed by atoms with Crippen molar-refractivity contribution in [2.24, 2.45) is 0 Å². The normalized spacial score (nSPS) is 12.1. The largest absolute Gasteiger partial charge is 0.336 e. The Morgan fingerprint density at radius 1 is 1.47 bits per heavy atom. The Hall–Kier alpha value is -1.73. The van der Waals surface area contributed by atoms with Crippen LogP contribution in [0.1, 0.15) is 6.92 Å². The zero-order chi connectivity index (χ0) is 13.8. The average molecular weight is 298 g/mol. The standard InChI is InChI=1S/C11H12ClN5OS/c1-7(19-11-16-14-6-17(11)13)10(18)15-9-4-2-8(12)3-5-9/h2-7H,13H2,1H3,(H,15,18)/t7-/m1/s1. The van der Waals surface area contributed by atoms with E-state index in [4.69, 9.17) is 17.4 Å². The second-order valence-electron chi connectivity index (χ2n) is 3.78. The first-order valence-electron chi connectivity index (χ1n) is 5.44. The summed E-state index contributed by atoms with van der Waals surface area (Å²) in [7, 11) is 0. The van der Waals surface area contributed by atoms with Gasteiger partial charge in [0, 0.05) is 10.7 Å². The molecular formula is C11H12ClN5OS. The van der Waals surface area contributed by atoms with Gasteiger partial charge in [0.05, 0.1) is 5.25 Å². The summed E-state index contributed by atoms with van der Waals surface area (Å²) in [5.74, 6) is 5.44. The van der Waals surface area contributed by atoms with Crippen LogP contribution < -0.4 is 11.2 Å². The molecule has 1 atom stereocenters. The van der Waals surface area contributed by atoms with E-state index in [0.717, 1.165) is 0 Å². The maximum Gasteiger partial charge on any atom is 0.237 e. The first-order valence-corrected chi connectivity index (χ1v) is 6.70. The summed E-state index contributed by atoms with van der Waals surface area (Å²) in [6.07, 6.45) is 1.38. The third-order valence-corrected chi connectivity index (χ3v) is 3.63. The van der Waals surface area contributed by atoms with Gasteiger partial charge in [0.2, 0.25) is 11.1 Å². The van der Waals surface area contributed by atoms with Crippen LogP contribution in [0.15, 0.2) is 35.7 Å². The minimum atomic E-state index is -0.345. The first kappa shape index (κ1) is 13.7. The van der Waals surface area contributed by atoms with Gasteiger partial charge in [0.15, 0.2) is 0 Å². The molecule has 2 rings (SSSR count). The Bertz CT molecular complexity index is 571. The van der Waals surface area contributed by atoms with Crippen molar-refractivity contribution in [3.63, 3.8) is 0 Å². The van der Waals surface area contributed by atoms with Crippen molar-refractivity contribution in [3.05, 3.63) is 35.6 Å². The van der Waals surface area contributed by atoms with Crippen molar-refractivity contribution in [2.75, 3.05) is 11.2 Å². The molecule has 19 heavy (non-hydrogen) atoms. The predicted octanol–water partition coefficient (Wildman–Crippen LogP) is 1.76. The molecule has 2 aromatic rings. The molecule has 0 fully saturated rings. The molecule has 3 N–H and O–H groups in total. The maximum atomic E-state index is 12.0. The van der Waals surface area contributed by atoms with Gasteiger partial charge in [0.25, 0.3) is 0 Å². The zero-order valence-electron chi connectivity index (χ0n) is 10.1. The highest BCUT2D eigenvalue weighted by atomic mass is 35.5. The smallest absolute Gasteiger partial charge is 0.237 e. The van der Waals surface area contributed by atoms with Gasteiger partial charge in [0.1, 0.15) is 6.33 Å². The van der Waals surface area contributed by atoms with E-state index < -0.39 is 0 Å². The summed E-state index contributed by atoms with van der Waals surface area (Å²) in [4.78, 5) is 12.0. The number of rotatable bonds is 4. The maximum absolute atomic E-state index is 12.0. The number of nitrogen functional groups attached to an aromatic ring is 1. The zero-order valence-corrected chi connectivity index (χ0v) is 11.6. The molecule has 1 aromatic carbocycles. The average Bonchev–Trinajstić information content (AvgIpc) is 2.78. The molecule has 0 spiro atoms. The number of nitrogens with two attached hydrogens (primary N) is 1. The van der Waals surface area contributed by atoms with E-state index in [1.165, 1.54) is 22.8 Å². The minimum Gasteiger partial charge on any atom is -0.336 e. The lowest BCUT2D eigenvalue weighted by Crippen LogP contribution is -2.23. The van der Waals surface area contributed by atoms with E-state index in [1.54, 1.807) is 31.2 Å². The number of amides is 1. The fourth-order valence-corrected chi connectivity index (χ4v) is 2.18. The number of nitrogens with zero attached hydrogens (tertiary/aromatic N) is 3. The lowest BCUT2D eigenvalue weighted by atomic mass is 10.3. The highest BCUT2D eigenvalue weighted by Gasteiger charge is 2.17. The second-order valence-corrected chi connectivity index (χ2v) is 5.52. The summed E-state index contributed by atoms with van der Waals surface area (Å²) >= 11 is 7.01. The number of aromatic nitrogens is 3. The fourth-order valence-electron chi connectivity index (χ4n) is 1.31. The van der Waals surface area contributed by atoms with Crippen molar-refractivity contribution in [2.45, 2.75) is 17.3 Å². The van der Waals surface area contributed by atoms with Crippen molar-refractivity contribution in [1.29, 1.82) is 0 Å². The van der Waals surface area contributed by atoms with Gasteiger partial charge in [-0.1, -0.05) is 23.4 Å². The van der Waals surface area contributed by atoms with Crippen molar-refractivity contribution in [1.82, 2.24) is 14.9 Å². The van der Waals surface area contributed by atoms with Gasteiger partial charge in [-0.3, -0.25) is 4.79 Å². The van der Waals surface area contributed by atoms with E-state index in [9.17, 15) is 4.79 Å². The molecule has 0 saturated heterocycles. The van der Waals surface area contributed by atoms with E-state index in [0.29, 0.717) is 15.9 Å². The molecule has 1 aromatic heterocycles. The molecule has 0 aliphatic heterocycles. The molecule has 8 heteroatoms. The summed E-state index contributed by atoms with van der Waals surface area (Å²) < 4.78 is 1.27.